The van der Waals surface area contributed by atoms with E-state index in [2.05, 4.69) is 39.8 Å². The Kier molecular flexibility index (Phi) is 9.87. The first-order valence-electron chi connectivity index (χ1n) is 9.56. The number of aliphatic hydroxyl groups excluding tert-OH is 1. The Morgan fingerprint density at radius 1 is 1.04 bits per heavy atom. The Morgan fingerprint density at radius 3 is 2.21 bits per heavy atom. The van der Waals surface area contributed by atoms with E-state index in [-0.39, 0.29) is 5.79 Å². The maximum absolute atomic E-state index is 9.39. The van der Waals surface area contributed by atoms with E-state index in [9.17, 15) is 5.11 Å². The van der Waals surface area contributed by atoms with E-state index in [0.717, 1.165) is 51.7 Å². The predicted molar refractivity (Wildman–Crippen MR) is 101 cm³/mol. The van der Waals surface area contributed by atoms with Crippen molar-refractivity contribution in [2.75, 3.05) is 19.8 Å². The van der Waals surface area contributed by atoms with Crippen LogP contribution in [-0.2, 0) is 9.47 Å². The summed E-state index contributed by atoms with van der Waals surface area (Å²) >= 11 is 0. The van der Waals surface area contributed by atoms with Crippen molar-refractivity contribution in [1.82, 2.24) is 0 Å². The lowest BCUT2D eigenvalue weighted by Crippen LogP contribution is -2.24. The van der Waals surface area contributed by atoms with Crippen molar-refractivity contribution >= 4 is 0 Å². The van der Waals surface area contributed by atoms with Gasteiger partial charge in [0.15, 0.2) is 5.79 Å². The van der Waals surface area contributed by atoms with Crippen LogP contribution in [-0.4, -0.2) is 30.7 Å². The van der Waals surface area contributed by atoms with Crippen molar-refractivity contribution in [3.63, 3.8) is 0 Å². The van der Waals surface area contributed by atoms with Crippen LogP contribution < -0.4 is 0 Å². The molecule has 3 heteroatoms. The van der Waals surface area contributed by atoms with Gasteiger partial charge in [-0.2, -0.15) is 0 Å². The van der Waals surface area contributed by atoms with E-state index in [1.807, 2.05) is 6.92 Å². The van der Waals surface area contributed by atoms with Gasteiger partial charge in [-0.1, -0.05) is 37.1 Å². The molecule has 1 N–H and O–H groups in total. The summed E-state index contributed by atoms with van der Waals surface area (Å²) in [7, 11) is 0. The highest BCUT2D eigenvalue weighted by molar-refractivity contribution is 5.04. The van der Waals surface area contributed by atoms with Crippen molar-refractivity contribution in [1.29, 1.82) is 0 Å². The summed E-state index contributed by atoms with van der Waals surface area (Å²) in [5.41, 5.74) is 2.89. The Morgan fingerprint density at radius 2 is 1.62 bits per heavy atom. The molecule has 0 radical (unpaired) electrons. The van der Waals surface area contributed by atoms with Crippen molar-refractivity contribution in [2.24, 2.45) is 11.8 Å². The van der Waals surface area contributed by atoms with Crippen LogP contribution in [0.1, 0.15) is 73.1 Å². The summed E-state index contributed by atoms with van der Waals surface area (Å²) in [4.78, 5) is 0. The lowest BCUT2D eigenvalue weighted by Gasteiger charge is -2.21. The van der Waals surface area contributed by atoms with E-state index in [1.165, 1.54) is 11.1 Å². The van der Waals surface area contributed by atoms with Gasteiger partial charge in [-0.25, -0.2) is 0 Å². The van der Waals surface area contributed by atoms with Gasteiger partial charge in [0.1, 0.15) is 0 Å². The van der Waals surface area contributed by atoms with Crippen LogP contribution in [0.4, 0.5) is 0 Å². The van der Waals surface area contributed by atoms with Gasteiger partial charge < -0.3 is 14.6 Å². The molecule has 0 aromatic heterocycles. The average Bonchev–Trinajstić information content (AvgIpc) is 2.94. The molecule has 0 aromatic carbocycles. The molecule has 0 spiro atoms. The van der Waals surface area contributed by atoms with Gasteiger partial charge >= 0.3 is 0 Å². The molecule has 0 unspecified atom stereocenters. The first-order chi connectivity index (χ1) is 11.4. The molecule has 1 fully saturated rings. The minimum absolute atomic E-state index is 0.305. The highest BCUT2D eigenvalue weighted by Gasteiger charge is 2.29. The third kappa shape index (κ3) is 8.46. The third-order valence-corrected chi connectivity index (χ3v) is 5.11. The van der Waals surface area contributed by atoms with Gasteiger partial charge in [-0.15, -0.1) is 0 Å². The van der Waals surface area contributed by atoms with Crippen LogP contribution in [0, 0.1) is 11.8 Å². The zero-order valence-corrected chi connectivity index (χ0v) is 16.4. The number of rotatable bonds is 11. The minimum Gasteiger partial charge on any atom is -0.396 e. The lowest BCUT2D eigenvalue weighted by molar-refractivity contribution is -0.145. The van der Waals surface area contributed by atoms with Crippen LogP contribution in [0.3, 0.4) is 0 Å². The fourth-order valence-corrected chi connectivity index (χ4v) is 3.08. The van der Waals surface area contributed by atoms with Gasteiger partial charge in [0.05, 0.1) is 13.2 Å². The van der Waals surface area contributed by atoms with E-state index < -0.39 is 0 Å². The quantitative estimate of drug-likeness (QED) is 0.523. The second-order valence-electron chi connectivity index (χ2n) is 7.73. The number of hydrogen-bond donors (Lipinski definition) is 1. The Bertz CT molecular complexity index is 403. The molecule has 0 amide bonds. The number of allylic oxidation sites excluding steroid dienone is 4. The zero-order valence-electron chi connectivity index (χ0n) is 16.4. The van der Waals surface area contributed by atoms with Crippen molar-refractivity contribution < 1.29 is 14.6 Å². The van der Waals surface area contributed by atoms with Crippen molar-refractivity contribution in [3.8, 4) is 0 Å². The standard InChI is InChI=1S/C21H38O3/c1-17(2)20(16-22)12-11-19(4)9-6-8-18(3)10-7-13-21(5)23-14-15-24-21/h9-10,17,20,22H,6-8,11-16H2,1-5H3/b18-10+,19-9+/t20-/m1/s1. The fraction of sp³-hybridized carbons (Fsp3) is 0.810. The molecular weight excluding hydrogens is 300 g/mol. The van der Waals surface area contributed by atoms with E-state index in [1.54, 1.807) is 0 Å². The Labute approximate surface area is 149 Å². The molecule has 1 rings (SSSR count). The molecule has 3 nitrogen and oxygen atoms in total. The van der Waals surface area contributed by atoms with Crippen molar-refractivity contribution in [3.05, 3.63) is 23.3 Å². The van der Waals surface area contributed by atoms with Gasteiger partial charge in [-0.05, 0) is 64.7 Å². The van der Waals surface area contributed by atoms with E-state index >= 15 is 0 Å². The van der Waals surface area contributed by atoms with Gasteiger partial charge in [-0.3, -0.25) is 0 Å². The zero-order chi connectivity index (χ0) is 18.0. The molecule has 1 aliphatic heterocycles. The van der Waals surface area contributed by atoms with Gasteiger partial charge in [0.2, 0.25) is 0 Å². The molecule has 1 atom stereocenters. The average molecular weight is 339 g/mol. The summed E-state index contributed by atoms with van der Waals surface area (Å²) in [5.74, 6) is 0.617. The largest absolute Gasteiger partial charge is 0.396 e. The first kappa shape index (κ1) is 21.4. The van der Waals surface area contributed by atoms with E-state index in [4.69, 9.17) is 9.47 Å². The van der Waals surface area contributed by atoms with Crippen LogP contribution >= 0.6 is 0 Å². The second-order valence-corrected chi connectivity index (χ2v) is 7.73. The molecule has 140 valence electrons. The Hall–Kier alpha value is -0.640. The fourth-order valence-electron chi connectivity index (χ4n) is 3.08. The third-order valence-electron chi connectivity index (χ3n) is 5.11. The van der Waals surface area contributed by atoms with Crippen molar-refractivity contribution in [2.45, 2.75) is 78.9 Å². The summed E-state index contributed by atoms with van der Waals surface area (Å²) < 4.78 is 11.3. The smallest absolute Gasteiger partial charge is 0.166 e. The summed E-state index contributed by atoms with van der Waals surface area (Å²) in [5, 5.41) is 9.39. The van der Waals surface area contributed by atoms with Gasteiger partial charge in [0, 0.05) is 13.0 Å². The Balaban J connectivity index is 2.22. The molecule has 24 heavy (non-hydrogen) atoms. The monoisotopic (exact) mass is 338 g/mol. The number of ether oxygens (including phenoxy) is 2. The number of hydrogen-bond acceptors (Lipinski definition) is 3. The number of aliphatic hydroxyl groups is 1. The molecular formula is C21H38O3. The normalized spacial score (nSPS) is 20.0. The molecule has 1 aliphatic rings. The summed E-state index contributed by atoms with van der Waals surface area (Å²) in [6.45, 7) is 12.6. The molecule has 0 aromatic rings. The molecule has 1 heterocycles. The second kappa shape index (κ2) is 11.1. The SMILES string of the molecule is C/C(=C\CCC1(C)OCCO1)CC/C=C(\C)CC[C@H](CO)C(C)C. The first-order valence-corrected chi connectivity index (χ1v) is 9.56. The molecule has 0 aliphatic carbocycles. The van der Waals surface area contributed by atoms with Crippen LogP contribution in [0.25, 0.3) is 0 Å². The summed E-state index contributed by atoms with van der Waals surface area (Å²) in [6, 6.07) is 0. The summed E-state index contributed by atoms with van der Waals surface area (Å²) in [6.07, 6.45) is 11.0. The van der Waals surface area contributed by atoms with Crippen LogP contribution in [0.5, 0.6) is 0 Å². The molecule has 0 saturated carbocycles. The maximum Gasteiger partial charge on any atom is 0.166 e. The molecule has 0 bridgehead atoms. The highest BCUT2D eigenvalue weighted by atomic mass is 16.7. The van der Waals surface area contributed by atoms with Gasteiger partial charge in [0.25, 0.3) is 0 Å². The highest BCUT2D eigenvalue weighted by Crippen LogP contribution is 2.25. The molecule has 1 saturated heterocycles. The minimum atomic E-state index is -0.368. The van der Waals surface area contributed by atoms with Crippen LogP contribution in [0.2, 0.25) is 0 Å². The topological polar surface area (TPSA) is 38.7 Å². The maximum atomic E-state index is 9.39. The van der Waals surface area contributed by atoms with E-state index in [0.29, 0.717) is 18.4 Å². The predicted octanol–water partition coefficient (Wildman–Crippen LogP) is 5.25. The lowest BCUT2D eigenvalue weighted by atomic mass is 9.90. The van der Waals surface area contributed by atoms with Crippen LogP contribution in [0.15, 0.2) is 23.3 Å².